The molecule has 1 aromatic heterocycles. The van der Waals surface area contributed by atoms with E-state index < -0.39 is 0 Å². The second kappa shape index (κ2) is 15.6. The number of thiophene rings is 1. The lowest BCUT2D eigenvalue weighted by Crippen LogP contribution is -2.16. The first-order chi connectivity index (χ1) is 33.2. The predicted octanol–water partition coefficient (Wildman–Crippen LogP) is 18.6. The average Bonchev–Trinajstić information content (AvgIpc) is 3.95. The van der Waals surface area contributed by atoms with Crippen LogP contribution >= 0.6 is 11.3 Å². The molecule has 0 fully saturated rings. The second-order valence-electron chi connectivity index (χ2n) is 20.4. The quantitative estimate of drug-likeness (QED) is 0.143. The zero-order valence-corrected chi connectivity index (χ0v) is 39.9. The maximum atomic E-state index is 2.55. The van der Waals surface area contributed by atoms with Crippen LogP contribution in [0.3, 0.4) is 0 Å². The van der Waals surface area contributed by atoms with Crippen LogP contribution in [0.4, 0.5) is 0 Å². The summed E-state index contributed by atoms with van der Waals surface area (Å²) in [5.41, 5.74) is 22.7. The van der Waals surface area contributed by atoms with Gasteiger partial charge in [-0.05, 0) is 155 Å². The van der Waals surface area contributed by atoms with Gasteiger partial charge < -0.3 is 0 Å². The summed E-state index contributed by atoms with van der Waals surface area (Å²) < 4.78 is 2.70. The third-order valence-electron chi connectivity index (χ3n) is 15.8. The smallest absolute Gasteiger partial charge is 0.0355 e. The van der Waals surface area contributed by atoms with Crippen molar-refractivity contribution in [1.29, 1.82) is 0 Å². The Bertz CT molecular complexity index is 3790. The van der Waals surface area contributed by atoms with Crippen LogP contribution in [-0.4, -0.2) is 0 Å². The topological polar surface area (TPSA) is 0 Å². The van der Waals surface area contributed by atoms with Crippen LogP contribution in [0, 0.1) is 0 Å². The van der Waals surface area contributed by atoms with Gasteiger partial charge >= 0.3 is 0 Å². The Morgan fingerprint density at radius 2 is 0.853 bits per heavy atom. The predicted molar refractivity (Wildman–Crippen MR) is 291 cm³/mol. The van der Waals surface area contributed by atoms with E-state index in [0.717, 1.165) is 12.8 Å². The largest absolute Gasteiger partial charge is 0.135 e. The average molecular weight is 889 g/mol. The van der Waals surface area contributed by atoms with Crippen molar-refractivity contribution >= 4 is 42.3 Å². The summed E-state index contributed by atoms with van der Waals surface area (Å²) in [6.07, 6.45) is 1.99. The van der Waals surface area contributed by atoms with Gasteiger partial charge in [0.1, 0.15) is 0 Å². The minimum absolute atomic E-state index is 0.116. The van der Waals surface area contributed by atoms with Gasteiger partial charge in [0.05, 0.1) is 0 Å². The monoisotopic (exact) mass is 888 g/mol. The highest BCUT2D eigenvalue weighted by atomic mass is 32.1. The fraction of sp³-hybridized carbons (Fsp3) is 0.134. The Hall–Kier alpha value is -7.32. The molecule has 0 nitrogen and oxygen atoms in total. The summed E-state index contributed by atoms with van der Waals surface area (Å²) in [5, 5.41) is 5.24. The number of benzene rings is 10. The third kappa shape index (κ3) is 6.62. The number of fused-ring (bicyclic) bond motifs is 10. The summed E-state index contributed by atoms with van der Waals surface area (Å²) in [7, 11) is 0. The van der Waals surface area contributed by atoms with E-state index >= 15 is 0 Å². The molecule has 0 N–H and O–H groups in total. The van der Waals surface area contributed by atoms with E-state index in [1.54, 1.807) is 0 Å². The molecule has 0 amide bonds. The number of hydrogen-bond donors (Lipinski definition) is 0. The normalized spacial score (nSPS) is 14.5. The van der Waals surface area contributed by atoms with E-state index in [0.29, 0.717) is 0 Å². The molecular formula is C67H52S. The molecule has 0 bridgehead atoms. The zero-order valence-electron chi connectivity index (χ0n) is 39.1. The van der Waals surface area contributed by atoms with Crippen molar-refractivity contribution in [2.75, 3.05) is 0 Å². The fourth-order valence-electron chi connectivity index (χ4n) is 11.9. The highest BCUT2D eigenvalue weighted by Crippen LogP contribution is 2.52. The van der Waals surface area contributed by atoms with Crippen LogP contribution in [0.1, 0.15) is 79.0 Å². The molecule has 2 aliphatic rings. The Morgan fingerprint density at radius 1 is 0.353 bits per heavy atom. The van der Waals surface area contributed by atoms with Crippen LogP contribution in [0.15, 0.2) is 212 Å². The highest BCUT2D eigenvalue weighted by molar-refractivity contribution is 7.25. The maximum Gasteiger partial charge on any atom is 0.0355 e. The zero-order chi connectivity index (χ0) is 45.7. The Morgan fingerprint density at radius 3 is 1.60 bits per heavy atom. The van der Waals surface area contributed by atoms with Crippen molar-refractivity contribution in [2.45, 2.75) is 57.3 Å². The standard InChI is InChI=1S/C67H52S/c1-66(2)60-36-42(19-31-54(60)55-33-27-51(40-62(55)66)49-29-35-65-59(38-49)58-16-10-11-17-64(58)68-65)18-30-53(46-23-20-45(21-24-46)48-25-22-44-14-8-9-15-47(44)37-48)52-28-34-57-56-32-26-50(43-12-6-5-7-13-43)39-61(56)67(3,4)63(57)41-52/h5-17,19-29,31-41,53H,18,30H2,1-4H3. The molecule has 0 saturated heterocycles. The first kappa shape index (κ1) is 40.9. The molecule has 11 aromatic rings. The van der Waals surface area contributed by atoms with Crippen molar-refractivity contribution in [2.24, 2.45) is 0 Å². The molecule has 1 heteroatoms. The minimum atomic E-state index is -0.124. The van der Waals surface area contributed by atoms with Gasteiger partial charge in [-0.25, -0.2) is 0 Å². The Balaban J connectivity index is 0.833. The molecule has 0 spiro atoms. The molecule has 1 heterocycles. The molecule has 13 rings (SSSR count). The van der Waals surface area contributed by atoms with Gasteiger partial charge in [-0.2, -0.15) is 0 Å². The molecule has 1 atom stereocenters. The van der Waals surface area contributed by atoms with Gasteiger partial charge in [-0.3, -0.25) is 0 Å². The van der Waals surface area contributed by atoms with Gasteiger partial charge in [-0.1, -0.05) is 204 Å². The van der Waals surface area contributed by atoms with Gasteiger partial charge in [0.25, 0.3) is 0 Å². The molecular weight excluding hydrogens is 837 g/mol. The summed E-state index contributed by atoms with van der Waals surface area (Å²) in [5.74, 6) is 0.226. The lowest BCUT2D eigenvalue weighted by atomic mass is 9.78. The number of rotatable bonds is 8. The number of aryl methyl sites for hydroxylation is 1. The SMILES string of the molecule is CC1(C)c2cc(CCC(c3ccc(-c4ccc5ccccc5c4)cc3)c3ccc4c(c3)C(C)(C)c3cc(-c5ccccc5)ccc3-4)ccc2-c2ccc(-c3ccc4sc5ccccc5c4c3)cc21. The van der Waals surface area contributed by atoms with Gasteiger partial charge in [0.15, 0.2) is 0 Å². The second-order valence-corrected chi connectivity index (χ2v) is 21.5. The van der Waals surface area contributed by atoms with E-state index in [9.17, 15) is 0 Å². The maximum absolute atomic E-state index is 2.55. The van der Waals surface area contributed by atoms with Crippen LogP contribution in [0.25, 0.3) is 86.6 Å². The lowest BCUT2D eigenvalue weighted by Gasteiger charge is -2.25. The Labute approximate surface area is 404 Å². The summed E-state index contributed by atoms with van der Waals surface area (Å²) in [6, 6.07) is 80.6. The summed E-state index contributed by atoms with van der Waals surface area (Å²) in [4.78, 5) is 0. The lowest BCUT2D eigenvalue weighted by molar-refractivity contribution is 0.652. The first-order valence-corrected chi connectivity index (χ1v) is 25.1. The summed E-state index contributed by atoms with van der Waals surface area (Å²) in [6.45, 7) is 9.68. The van der Waals surface area contributed by atoms with E-state index in [2.05, 4.69) is 240 Å². The third-order valence-corrected chi connectivity index (χ3v) is 16.9. The van der Waals surface area contributed by atoms with Gasteiger partial charge in [0, 0.05) is 36.9 Å². The molecule has 10 aromatic carbocycles. The van der Waals surface area contributed by atoms with E-state index in [1.165, 1.54) is 126 Å². The molecule has 68 heavy (non-hydrogen) atoms. The molecule has 0 radical (unpaired) electrons. The van der Waals surface area contributed by atoms with Crippen LogP contribution in [-0.2, 0) is 17.3 Å². The highest BCUT2D eigenvalue weighted by Gasteiger charge is 2.38. The van der Waals surface area contributed by atoms with Crippen molar-refractivity contribution in [3.63, 3.8) is 0 Å². The van der Waals surface area contributed by atoms with Crippen molar-refractivity contribution in [3.05, 3.63) is 251 Å². The van der Waals surface area contributed by atoms with Gasteiger partial charge in [0.2, 0.25) is 0 Å². The minimum Gasteiger partial charge on any atom is -0.135 e. The molecule has 326 valence electrons. The molecule has 0 saturated carbocycles. The molecule has 1 unspecified atom stereocenters. The van der Waals surface area contributed by atoms with Crippen LogP contribution in [0.5, 0.6) is 0 Å². The van der Waals surface area contributed by atoms with E-state index in [4.69, 9.17) is 0 Å². The van der Waals surface area contributed by atoms with Crippen molar-refractivity contribution in [3.8, 4) is 55.6 Å². The van der Waals surface area contributed by atoms with E-state index in [1.807, 2.05) is 11.3 Å². The van der Waals surface area contributed by atoms with Crippen molar-refractivity contribution < 1.29 is 0 Å². The van der Waals surface area contributed by atoms with Crippen molar-refractivity contribution in [1.82, 2.24) is 0 Å². The summed E-state index contributed by atoms with van der Waals surface area (Å²) >= 11 is 1.88. The number of hydrogen-bond acceptors (Lipinski definition) is 1. The Kier molecular flexibility index (Phi) is 9.40. The first-order valence-electron chi connectivity index (χ1n) is 24.3. The van der Waals surface area contributed by atoms with Crippen LogP contribution in [0.2, 0.25) is 0 Å². The van der Waals surface area contributed by atoms with E-state index in [-0.39, 0.29) is 16.7 Å². The molecule has 2 aliphatic carbocycles. The molecule has 0 aliphatic heterocycles. The van der Waals surface area contributed by atoms with Gasteiger partial charge in [-0.15, -0.1) is 11.3 Å². The fourth-order valence-corrected chi connectivity index (χ4v) is 13.0. The van der Waals surface area contributed by atoms with Crippen LogP contribution < -0.4 is 0 Å².